The van der Waals surface area contributed by atoms with Crippen LogP contribution in [0.2, 0.25) is 0 Å². The van der Waals surface area contributed by atoms with E-state index in [1.807, 2.05) is 0 Å². The molecule has 0 radical (unpaired) electrons. The lowest BCUT2D eigenvalue weighted by atomic mass is 10.1. The van der Waals surface area contributed by atoms with Crippen LogP contribution in [0.15, 0.2) is 41.3 Å². The summed E-state index contributed by atoms with van der Waals surface area (Å²) < 4.78 is 37.7. The first-order valence-electron chi connectivity index (χ1n) is 6.61. The number of hydrogen-bond donors (Lipinski definition) is 1. The van der Waals surface area contributed by atoms with Gasteiger partial charge in [0, 0.05) is 6.07 Å². The standard InChI is InChI=1S/C15H13NO6S/c1-9-2-3-10(15(17)18)6-14(9)23(19,20)16-11-4-5-12-13(7-11)22-8-21-12/h2-7,16H,8H2,1H3,(H,17,18)/p-1. The molecule has 8 heteroatoms. The van der Waals surface area contributed by atoms with Crippen LogP contribution in [0.1, 0.15) is 15.9 Å². The van der Waals surface area contributed by atoms with Crippen molar-refractivity contribution in [2.75, 3.05) is 11.5 Å². The number of carboxylic acid groups (broad SMARTS) is 1. The van der Waals surface area contributed by atoms with E-state index >= 15 is 0 Å². The van der Waals surface area contributed by atoms with E-state index in [1.165, 1.54) is 24.3 Å². The van der Waals surface area contributed by atoms with E-state index in [1.54, 1.807) is 13.0 Å². The summed E-state index contributed by atoms with van der Waals surface area (Å²) in [4.78, 5) is 10.8. The number of rotatable bonds is 4. The van der Waals surface area contributed by atoms with Crippen molar-refractivity contribution in [2.24, 2.45) is 0 Å². The van der Waals surface area contributed by atoms with Crippen molar-refractivity contribution in [1.82, 2.24) is 0 Å². The second-order valence-electron chi connectivity index (χ2n) is 4.94. The number of fused-ring (bicyclic) bond motifs is 1. The second-order valence-corrected chi connectivity index (χ2v) is 6.59. The molecule has 0 atom stereocenters. The van der Waals surface area contributed by atoms with Crippen LogP contribution in [0.3, 0.4) is 0 Å². The molecule has 23 heavy (non-hydrogen) atoms. The van der Waals surface area contributed by atoms with Gasteiger partial charge in [-0.3, -0.25) is 4.72 Å². The third kappa shape index (κ3) is 2.93. The molecule has 1 heterocycles. The zero-order valence-corrected chi connectivity index (χ0v) is 12.8. The van der Waals surface area contributed by atoms with Crippen molar-refractivity contribution in [3.05, 3.63) is 47.5 Å². The summed E-state index contributed by atoms with van der Waals surface area (Å²) >= 11 is 0. The van der Waals surface area contributed by atoms with Gasteiger partial charge in [-0.05, 0) is 36.2 Å². The fraction of sp³-hybridized carbons (Fsp3) is 0.133. The number of carboxylic acids is 1. The Hall–Kier alpha value is -2.74. The van der Waals surface area contributed by atoms with Gasteiger partial charge in [0.2, 0.25) is 6.79 Å². The van der Waals surface area contributed by atoms with E-state index in [9.17, 15) is 18.3 Å². The summed E-state index contributed by atoms with van der Waals surface area (Å²) in [5.74, 6) is -0.474. The van der Waals surface area contributed by atoms with Crippen LogP contribution in [0, 0.1) is 6.92 Å². The molecular weight excluding hydrogens is 322 g/mol. The van der Waals surface area contributed by atoms with Gasteiger partial charge in [-0.1, -0.05) is 12.1 Å². The lowest BCUT2D eigenvalue weighted by Crippen LogP contribution is -2.23. The average molecular weight is 334 g/mol. The summed E-state index contributed by atoms with van der Waals surface area (Å²) in [6.07, 6.45) is 0. The molecule has 0 spiro atoms. The number of aromatic carboxylic acids is 1. The molecule has 0 amide bonds. The van der Waals surface area contributed by atoms with Crippen LogP contribution in [-0.2, 0) is 10.0 Å². The first kappa shape index (κ1) is 15.2. The molecule has 0 unspecified atom stereocenters. The Labute approximate surface area is 132 Å². The molecule has 1 aliphatic heterocycles. The number of nitrogens with one attached hydrogen (secondary N) is 1. The van der Waals surface area contributed by atoms with Gasteiger partial charge in [0.1, 0.15) is 0 Å². The molecule has 0 fully saturated rings. The van der Waals surface area contributed by atoms with Crippen LogP contribution in [0.5, 0.6) is 11.5 Å². The molecule has 1 N–H and O–H groups in total. The van der Waals surface area contributed by atoms with Gasteiger partial charge in [0.05, 0.1) is 16.6 Å². The van der Waals surface area contributed by atoms with Gasteiger partial charge in [-0.25, -0.2) is 8.42 Å². The van der Waals surface area contributed by atoms with Crippen LogP contribution in [-0.4, -0.2) is 21.2 Å². The average Bonchev–Trinajstić information content (AvgIpc) is 2.94. The van der Waals surface area contributed by atoms with E-state index in [4.69, 9.17) is 9.47 Å². The molecular formula is C15H12NO6S-. The van der Waals surface area contributed by atoms with Crippen LogP contribution in [0.4, 0.5) is 5.69 Å². The molecule has 2 aromatic rings. The molecule has 0 saturated heterocycles. The Kier molecular flexibility index (Phi) is 3.61. The first-order valence-corrected chi connectivity index (χ1v) is 8.09. The number of ether oxygens (including phenoxy) is 2. The fourth-order valence-corrected chi connectivity index (χ4v) is 3.51. The number of hydrogen-bond acceptors (Lipinski definition) is 6. The quantitative estimate of drug-likeness (QED) is 0.890. The predicted octanol–water partition coefficient (Wildman–Crippen LogP) is 0.888. The predicted molar refractivity (Wildman–Crippen MR) is 78.9 cm³/mol. The Balaban J connectivity index is 1.96. The van der Waals surface area contributed by atoms with E-state index in [2.05, 4.69) is 4.72 Å². The SMILES string of the molecule is Cc1ccc(C(=O)[O-])cc1S(=O)(=O)Nc1ccc2c(c1)OCO2. The van der Waals surface area contributed by atoms with Crippen molar-refractivity contribution in [1.29, 1.82) is 0 Å². The summed E-state index contributed by atoms with van der Waals surface area (Å²) in [6, 6.07) is 8.40. The number of benzene rings is 2. The maximum atomic E-state index is 12.5. The minimum absolute atomic E-state index is 0.0816. The molecule has 0 bridgehead atoms. The highest BCUT2D eigenvalue weighted by molar-refractivity contribution is 7.92. The largest absolute Gasteiger partial charge is 0.545 e. The normalized spacial score (nSPS) is 12.9. The molecule has 120 valence electrons. The molecule has 0 aliphatic carbocycles. The van der Waals surface area contributed by atoms with Gasteiger partial charge in [0.25, 0.3) is 10.0 Å². The van der Waals surface area contributed by atoms with Gasteiger partial charge in [0.15, 0.2) is 11.5 Å². The third-order valence-electron chi connectivity index (χ3n) is 3.34. The third-order valence-corrected chi connectivity index (χ3v) is 4.86. The van der Waals surface area contributed by atoms with Crippen LogP contribution >= 0.6 is 0 Å². The monoisotopic (exact) mass is 334 g/mol. The lowest BCUT2D eigenvalue weighted by Gasteiger charge is -2.12. The zero-order chi connectivity index (χ0) is 16.6. The van der Waals surface area contributed by atoms with Crippen molar-refractivity contribution >= 4 is 21.7 Å². The van der Waals surface area contributed by atoms with Crippen molar-refractivity contribution in [3.8, 4) is 11.5 Å². The second kappa shape index (κ2) is 5.47. The highest BCUT2D eigenvalue weighted by Gasteiger charge is 2.20. The first-order chi connectivity index (χ1) is 10.9. The minimum atomic E-state index is -3.95. The van der Waals surface area contributed by atoms with E-state index < -0.39 is 16.0 Å². The molecule has 1 aliphatic rings. The summed E-state index contributed by atoms with van der Waals surface area (Å²) in [5, 5.41) is 10.9. The van der Waals surface area contributed by atoms with Gasteiger partial charge < -0.3 is 19.4 Å². The maximum absolute atomic E-state index is 12.5. The Morgan fingerprint density at radius 3 is 2.61 bits per heavy atom. The van der Waals surface area contributed by atoms with E-state index in [0.717, 1.165) is 6.07 Å². The number of anilines is 1. The lowest BCUT2D eigenvalue weighted by molar-refractivity contribution is -0.255. The zero-order valence-electron chi connectivity index (χ0n) is 12.0. The minimum Gasteiger partial charge on any atom is -0.545 e. The van der Waals surface area contributed by atoms with Crippen molar-refractivity contribution < 1.29 is 27.8 Å². The highest BCUT2D eigenvalue weighted by Crippen LogP contribution is 2.35. The highest BCUT2D eigenvalue weighted by atomic mass is 32.2. The number of sulfonamides is 1. The van der Waals surface area contributed by atoms with Crippen LogP contribution < -0.4 is 19.3 Å². The smallest absolute Gasteiger partial charge is 0.262 e. The number of carbonyl (C=O) groups is 1. The van der Waals surface area contributed by atoms with Gasteiger partial charge in [-0.2, -0.15) is 0 Å². The maximum Gasteiger partial charge on any atom is 0.262 e. The Bertz CT molecular complexity index is 891. The van der Waals surface area contributed by atoms with Crippen molar-refractivity contribution in [2.45, 2.75) is 11.8 Å². The van der Waals surface area contributed by atoms with Gasteiger partial charge in [-0.15, -0.1) is 0 Å². The summed E-state index contributed by atoms with van der Waals surface area (Å²) in [6.45, 7) is 1.66. The Morgan fingerprint density at radius 2 is 1.87 bits per heavy atom. The summed E-state index contributed by atoms with van der Waals surface area (Å²) in [5.41, 5.74) is 0.498. The topological polar surface area (TPSA) is 105 Å². The summed E-state index contributed by atoms with van der Waals surface area (Å²) in [7, 11) is -3.95. The molecule has 2 aromatic carbocycles. The molecule has 7 nitrogen and oxygen atoms in total. The number of carbonyl (C=O) groups excluding carboxylic acids is 1. The molecule has 0 aromatic heterocycles. The Morgan fingerprint density at radius 1 is 1.13 bits per heavy atom. The van der Waals surface area contributed by atoms with Gasteiger partial charge >= 0.3 is 0 Å². The fourth-order valence-electron chi connectivity index (χ4n) is 2.19. The van der Waals surface area contributed by atoms with E-state index in [-0.39, 0.29) is 22.9 Å². The molecule has 3 rings (SSSR count). The molecule has 0 saturated carbocycles. The number of aryl methyl sites for hydroxylation is 1. The van der Waals surface area contributed by atoms with E-state index in [0.29, 0.717) is 17.1 Å². The van der Waals surface area contributed by atoms with Crippen molar-refractivity contribution in [3.63, 3.8) is 0 Å². The van der Waals surface area contributed by atoms with Crippen LogP contribution in [0.25, 0.3) is 0 Å².